The van der Waals surface area contributed by atoms with Gasteiger partial charge < -0.3 is 14.5 Å². The summed E-state index contributed by atoms with van der Waals surface area (Å²) in [6.07, 6.45) is 4.14. The molecule has 0 aliphatic heterocycles. The van der Waals surface area contributed by atoms with Crippen LogP contribution in [-0.2, 0) is 4.74 Å². The molecule has 0 saturated heterocycles. The zero-order valence-corrected chi connectivity index (χ0v) is 11.6. The Kier molecular flexibility index (Phi) is 4.76. The number of ether oxygens (including phenoxy) is 2. The third-order valence-corrected chi connectivity index (χ3v) is 2.84. The third kappa shape index (κ3) is 3.38. The predicted octanol–water partition coefficient (Wildman–Crippen LogP) is 3.12. The zero-order valence-electron chi connectivity index (χ0n) is 11.6. The molecule has 5 nitrogen and oxygen atoms in total. The van der Waals surface area contributed by atoms with E-state index in [2.05, 4.69) is 9.97 Å². The van der Waals surface area contributed by atoms with Gasteiger partial charge in [0.15, 0.2) is 6.10 Å². The molecule has 0 bridgehead atoms. The first kappa shape index (κ1) is 14.1. The molecule has 1 atom stereocenters. The average Bonchev–Trinajstić information content (AvgIpc) is 2.99. The average molecular weight is 274 g/mol. The van der Waals surface area contributed by atoms with E-state index >= 15 is 0 Å². The second-order valence-corrected chi connectivity index (χ2v) is 4.23. The monoisotopic (exact) mass is 274 g/mol. The summed E-state index contributed by atoms with van der Waals surface area (Å²) >= 11 is 0. The molecule has 0 fully saturated rings. The maximum atomic E-state index is 11.5. The Morgan fingerprint density at radius 1 is 1.30 bits per heavy atom. The van der Waals surface area contributed by atoms with Crippen LogP contribution in [0.15, 0.2) is 36.7 Å². The summed E-state index contributed by atoms with van der Waals surface area (Å²) in [6.45, 7) is 4.18. The van der Waals surface area contributed by atoms with Crippen molar-refractivity contribution < 1.29 is 14.3 Å². The summed E-state index contributed by atoms with van der Waals surface area (Å²) in [7, 11) is 0. The highest BCUT2D eigenvalue weighted by Gasteiger charge is 2.14. The van der Waals surface area contributed by atoms with Gasteiger partial charge in [0.1, 0.15) is 11.6 Å². The van der Waals surface area contributed by atoms with Crippen molar-refractivity contribution in [3.05, 3.63) is 48.0 Å². The summed E-state index contributed by atoms with van der Waals surface area (Å²) in [5.74, 6) is 1.17. The number of nitrogens with one attached hydrogen (secondary N) is 1. The summed E-state index contributed by atoms with van der Waals surface area (Å²) in [6, 6.07) is 6.92. The Morgan fingerprint density at radius 3 is 2.60 bits per heavy atom. The van der Waals surface area contributed by atoms with Gasteiger partial charge in [-0.15, -0.1) is 0 Å². The molecule has 1 aromatic heterocycles. The van der Waals surface area contributed by atoms with Gasteiger partial charge in [-0.05, 0) is 37.6 Å². The summed E-state index contributed by atoms with van der Waals surface area (Å²) < 4.78 is 10.8. The van der Waals surface area contributed by atoms with Crippen LogP contribution in [0.4, 0.5) is 0 Å². The summed E-state index contributed by atoms with van der Waals surface area (Å²) in [5, 5.41) is 0. The van der Waals surface area contributed by atoms with Gasteiger partial charge in [0, 0.05) is 12.4 Å². The number of H-pyrrole nitrogens is 1. The zero-order chi connectivity index (χ0) is 14.4. The molecule has 0 spiro atoms. The predicted molar refractivity (Wildman–Crippen MR) is 74.6 cm³/mol. The molecule has 2 rings (SSSR count). The Balaban J connectivity index is 2.04. The van der Waals surface area contributed by atoms with Crippen molar-refractivity contribution in [1.29, 1.82) is 0 Å². The number of aromatic amines is 1. The van der Waals surface area contributed by atoms with Crippen molar-refractivity contribution >= 4 is 5.97 Å². The molecule has 0 saturated carbocycles. The van der Waals surface area contributed by atoms with E-state index in [0.29, 0.717) is 17.9 Å². The molecule has 1 heterocycles. The van der Waals surface area contributed by atoms with E-state index in [-0.39, 0.29) is 12.1 Å². The maximum absolute atomic E-state index is 11.5. The number of imidazole rings is 1. The number of aromatic nitrogens is 2. The van der Waals surface area contributed by atoms with E-state index < -0.39 is 0 Å². The van der Waals surface area contributed by atoms with Crippen molar-refractivity contribution in [2.45, 2.75) is 26.4 Å². The second-order valence-electron chi connectivity index (χ2n) is 4.23. The quantitative estimate of drug-likeness (QED) is 0.822. The van der Waals surface area contributed by atoms with Crippen LogP contribution < -0.4 is 4.74 Å². The minimum Gasteiger partial charge on any atom is -0.483 e. The Bertz CT molecular complexity index is 535. The summed E-state index contributed by atoms with van der Waals surface area (Å²) in [4.78, 5) is 18.8. The van der Waals surface area contributed by atoms with Crippen LogP contribution in [0.2, 0.25) is 0 Å². The van der Waals surface area contributed by atoms with Gasteiger partial charge in [-0.1, -0.05) is 6.92 Å². The number of hydrogen-bond acceptors (Lipinski definition) is 4. The lowest BCUT2D eigenvalue weighted by atomic mass is 10.2. The maximum Gasteiger partial charge on any atom is 0.338 e. The fraction of sp³-hybridized carbons (Fsp3) is 0.333. The minimum absolute atomic E-state index is 0.126. The van der Waals surface area contributed by atoms with E-state index in [1.54, 1.807) is 43.6 Å². The second kappa shape index (κ2) is 6.75. The number of esters is 1. The molecule has 0 amide bonds. The smallest absolute Gasteiger partial charge is 0.338 e. The standard InChI is InChI=1S/C15H18N2O3/c1-3-13(14-16-9-10-17-14)20-12-7-5-11(6-8-12)15(18)19-4-2/h5-10,13H,3-4H2,1-2H3,(H,16,17). The Labute approximate surface area is 117 Å². The van der Waals surface area contributed by atoms with Crippen molar-refractivity contribution in [3.63, 3.8) is 0 Å². The fourth-order valence-electron chi connectivity index (χ4n) is 1.83. The molecule has 0 aliphatic carbocycles. The highest BCUT2D eigenvalue weighted by Crippen LogP contribution is 2.22. The fourth-order valence-corrected chi connectivity index (χ4v) is 1.83. The van der Waals surface area contributed by atoms with Crippen LogP contribution in [-0.4, -0.2) is 22.5 Å². The largest absolute Gasteiger partial charge is 0.483 e. The van der Waals surface area contributed by atoms with Crippen molar-refractivity contribution in [3.8, 4) is 5.75 Å². The van der Waals surface area contributed by atoms with Crippen LogP contribution in [0, 0.1) is 0 Å². The molecular formula is C15H18N2O3. The molecule has 1 N–H and O–H groups in total. The molecule has 20 heavy (non-hydrogen) atoms. The SMILES string of the molecule is CCOC(=O)c1ccc(OC(CC)c2ncc[nH]2)cc1. The highest BCUT2D eigenvalue weighted by molar-refractivity contribution is 5.89. The van der Waals surface area contributed by atoms with Gasteiger partial charge in [0.05, 0.1) is 12.2 Å². The minimum atomic E-state index is -0.322. The first-order chi connectivity index (χ1) is 9.74. The van der Waals surface area contributed by atoms with Crippen LogP contribution in [0.5, 0.6) is 5.75 Å². The molecular weight excluding hydrogens is 256 g/mol. The third-order valence-electron chi connectivity index (χ3n) is 2.84. The van der Waals surface area contributed by atoms with E-state index in [1.807, 2.05) is 6.92 Å². The normalized spacial score (nSPS) is 11.9. The van der Waals surface area contributed by atoms with Gasteiger partial charge >= 0.3 is 5.97 Å². The first-order valence-electron chi connectivity index (χ1n) is 6.67. The van der Waals surface area contributed by atoms with E-state index in [0.717, 1.165) is 12.2 Å². The van der Waals surface area contributed by atoms with Gasteiger partial charge in [0.25, 0.3) is 0 Å². The molecule has 5 heteroatoms. The molecule has 0 radical (unpaired) electrons. The van der Waals surface area contributed by atoms with Gasteiger partial charge in [-0.2, -0.15) is 0 Å². The lowest BCUT2D eigenvalue weighted by Gasteiger charge is -2.15. The lowest BCUT2D eigenvalue weighted by molar-refractivity contribution is 0.0526. The number of carbonyl (C=O) groups is 1. The van der Waals surface area contributed by atoms with Gasteiger partial charge in [-0.25, -0.2) is 9.78 Å². The number of hydrogen-bond donors (Lipinski definition) is 1. The number of nitrogens with zero attached hydrogens (tertiary/aromatic N) is 1. The highest BCUT2D eigenvalue weighted by atomic mass is 16.5. The Hall–Kier alpha value is -2.30. The van der Waals surface area contributed by atoms with E-state index in [9.17, 15) is 4.79 Å². The lowest BCUT2D eigenvalue weighted by Crippen LogP contribution is -2.09. The van der Waals surface area contributed by atoms with Crippen molar-refractivity contribution in [2.24, 2.45) is 0 Å². The number of rotatable bonds is 6. The van der Waals surface area contributed by atoms with Gasteiger partial charge in [-0.3, -0.25) is 0 Å². The van der Waals surface area contributed by atoms with Gasteiger partial charge in [0.2, 0.25) is 0 Å². The Morgan fingerprint density at radius 2 is 2.05 bits per heavy atom. The van der Waals surface area contributed by atoms with E-state index in [1.165, 1.54) is 0 Å². The van der Waals surface area contributed by atoms with E-state index in [4.69, 9.17) is 9.47 Å². The topological polar surface area (TPSA) is 64.2 Å². The molecule has 106 valence electrons. The van der Waals surface area contributed by atoms with Crippen LogP contribution in [0.3, 0.4) is 0 Å². The van der Waals surface area contributed by atoms with Crippen LogP contribution >= 0.6 is 0 Å². The number of benzene rings is 1. The molecule has 2 aromatic rings. The van der Waals surface area contributed by atoms with Crippen molar-refractivity contribution in [1.82, 2.24) is 9.97 Å². The summed E-state index contributed by atoms with van der Waals surface area (Å²) in [5.41, 5.74) is 0.519. The molecule has 0 aliphatic rings. The van der Waals surface area contributed by atoms with Crippen LogP contribution in [0.1, 0.15) is 42.6 Å². The van der Waals surface area contributed by atoms with Crippen LogP contribution in [0.25, 0.3) is 0 Å². The number of carbonyl (C=O) groups excluding carboxylic acids is 1. The first-order valence-corrected chi connectivity index (χ1v) is 6.67. The molecule has 1 unspecified atom stereocenters. The molecule has 1 aromatic carbocycles. The van der Waals surface area contributed by atoms with Crippen molar-refractivity contribution in [2.75, 3.05) is 6.61 Å².